The van der Waals surface area contributed by atoms with Gasteiger partial charge in [0.05, 0.1) is 13.2 Å². The Hall–Kier alpha value is -1.94. The molecule has 1 atom stereocenters. The first-order chi connectivity index (χ1) is 10.2. The molecule has 3 nitrogen and oxygen atoms in total. The highest BCUT2D eigenvalue weighted by atomic mass is 19.1. The summed E-state index contributed by atoms with van der Waals surface area (Å²) in [6.07, 6.45) is 2.78. The van der Waals surface area contributed by atoms with E-state index in [-0.39, 0.29) is 17.6 Å². The number of benzene rings is 1. The van der Waals surface area contributed by atoms with Gasteiger partial charge in [0.25, 0.3) is 0 Å². The van der Waals surface area contributed by atoms with Crippen LogP contribution < -0.4 is 10.1 Å². The van der Waals surface area contributed by atoms with Crippen molar-refractivity contribution in [2.24, 2.45) is 0 Å². The molecule has 0 aliphatic rings. The van der Waals surface area contributed by atoms with Crippen LogP contribution in [0.1, 0.15) is 36.2 Å². The molecule has 0 fully saturated rings. The van der Waals surface area contributed by atoms with Gasteiger partial charge in [-0.25, -0.2) is 4.39 Å². The molecule has 0 saturated heterocycles. The lowest BCUT2D eigenvalue weighted by Gasteiger charge is -2.21. The summed E-state index contributed by atoms with van der Waals surface area (Å²) in [4.78, 5) is 4.33. The molecule has 2 rings (SSSR count). The molecule has 0 radical (unpaired) electrons. The van der Waals surface area contributed by atoms with Gasteiger partial charge < -0.3 is 10.1 Å². The van der Waals surface area contributed by atoms with Crippen molar-refractivity contribution in [3.05, 3.63) is 59.2 Å². The summed E-state index contributed by atoms with van der Waals surface area (Å²) in [7, 11) is 1.47. The van der Waals surface area contributed by atoms with Gasteiger partial charge >= 0.3 is 0 Å². The van der Waals surface area contributed by atoms with Crippen LogP contribution in [-0.4, -0.2) is 18.6 Å². The number of halogens is 1. The molecule has 1 unspecified atom stereocenters. The lowest BCUT2D eigenvalue weighted by Crippen LogP contribution is -2.24. The molecule has 1 aromatic heterocycles. The Balaban J connectivity index is 2.40. The van der Waals surface area contributed by atoms with Crippen molar-refractivity contribution in [2.75, 3.05) is 13.7 Å². The lowest BCUT2D eigenvalue weighted by molar-refractivity contribution is 0.385. The van der Waals surface area contributed by atoms with Crippen LogP contribution in [0, 0.1) is 12.7 Å². The Kier molecular flexibility index (Phi) is 5.28. The van der Waals surface area contributed by atoms with Crippen molar-refractivity contribution >= 4 is 0 Å². The summed E-state index contributed by atoms with van der Waals surface area (Å²) < 4.78 is 19.0. The summed E-state index contributed by atoms with van der Waals surface area (Å²) in [5.41, 5.74) is 2.88. The SMILES string of the molecule is CCCNC(c1ccc(OC)c(F)c1)c1cccnc1C. The van der Waals surface area contributed by atoms with Gasteiger partial charge in [0.2, 0.25) is 0 Å². The summed E-state index contributed by atoms with van der Waals surface area (Å²) in [5, 5.41) is 3.46. The maximum Gasteiger partial charge on any atom is 0.165 e. The molecule has 0 aliphatic heterocycles. The summed E-state index contributed by atoms with van der Waals surface area (Å²) in [6, 6.07) is 8.94. The van der Waals surface area contributed by atoms with Gasteiger partial charge in [-0.3, -0.25) is 4.98 Å². The zero-order chi connectivity index (χ0) is 15.2. The van der Waals surface area contributed by atoms with E-state index in [1.165, 1.54) is 13.2 Å². The van der Waals surface area contributed by atoms with Gasteiger partial charge in [0.15, 0.2) is 11.6 Å². The second kappa shape index (κ2) is 7.18. The number of nitrogens with one attached hydrogen (secondary N) is 1. The van der Waals surface area contributed by atoms with Crippen molar-refractivity contribution in [3.63, 3.8) is 0 Å². The lowest BCUT2D eigenvalue weighted by atomic mass is 9.97. The topological polar surface area (TPSA) is 34.1 Å². The number of aromatic nitrogens is 1. The maximum atomic E-state index is 14.0. The largest absolute Gasteiger partial charge is 0.494 e. The summed E-state index contributed by atoms with van der Waals surface area (Å²) in [5.74, 6) is -0.0873. The van der Waals surface area contributed by atoms with E-state index in [1.807, 2.05) is 25.1 Å². The van der Waals surface area contributed by atoms with Crippen LogP contribution in [0.4, 0.5) is 4.39 Å². The van der Waals surface area contributed by atoms with Gasteiger partial charge in [-0.15, -0.1) is 0 Å². The van der Waals surface area contributed by atoms with Crippen molar-refractivity contribution < 1.29 is 9.13 Å². The number of hydrogen-bond donors (Lipinski definition) is 1. The van der Waals surface area contributed by atoms with E-state index in [1.54, 1.807) is 12.3 Å². The normalized spacial score (nSPS) is 12.2. The standard InChI is InChI=1S/C17H21FN2O/c1-4-9-20-17(14-6-5-10-19-12(14)2)13-7-8-16(21-3)15(18)11-13/h5-8,10-11,17,20H,4,9H2,1-3H3. The van der Waals surface area contributed by atoms with Crippen LogP contribution in [0.3, 0.4) is 0 Å². The van der Waals surface area contributed by atoms with Crippen LogP contribution in [0.15, 0.2) is 36.5 Å². The van der Waals surface area contributed by atoms with Crippen molar-refractivity contribution in [1.29, 1.82) is 0 Å². The molecule has 2 aromatic rings. The molecule has 1 heterocycles. The third kappa shape index (κ3) is 3.58. The number of nitrogens with zero attached hydrogens (tertiary/aromatic N) is 1. The van der Waals surface area contributed by atoms with Gasteiger partial charge in [0, 0.05) is 11.9 Å². The Morgan fingerprint density at radius 3 is 2.76 bits per heavy atom. The second-order valence-corrected chi connectivity index (χ2v) is 4.96. The first-order valence-corrected chi connectivity index (χ1v) is 7.15. The Labute approximate surface area is 125 Å². The van der Waals surface area contributed by atoms with Gasteiger partial charge in [-0.2, -0.15) is 0 Å². The van der Waals surface area contributed by atoms with E-state index >= 15 is 0 Å². The smallest absolute Gasteiger partial charge is 0.165 e. The minimum atomic E-state index is -0.347. The minimum Gasteiger partial charge on any atom is -0.494 e. The predicted molar refractivity (Wildman–Crippen MR) is 82.1 cm³/mol. The molecule has 0 spiro atoms. The number of pyridine rings is 1. The summed E-state index contributed by atoms with van der Waals surface area (Å²) >= 11 is 0. The third-order valence-electron chi connectivity index (χ3n) is 3.47. The molecule has 0 bridgehead atoms. The molecular weight excluding hydrogens is 267 g/mol. The van der Waals surface area contributed by atoms with Crippen molar-refractivity contribution in [1.82, 2.24) is 10.3 Å². The van der Waals surface area contributed by atoms with Crippen molar-refractivity contribution in [2.45, 2.75) is 26.3 Å². The molecule has 21 heavy (non-hydrogen) atoms. The van der Waals surface area contributed by atoms with E-state index in [9.17, 15) is 4.39 Å². The van der Waals surface area contributed by atoms with Crippen LogP contribution in [-0.2, 0) is 0 Å². The first kappa shape index (κ1) is 15.4. The molecule has 0 aliphatic carbocycles. The third-order valence-corrected chi connectivity index (χ3v) is 3.47. The summed E-state index contributed by atoms with van der Waals surface area (Å²) in [6.45, 7) is 4.93. The van der Waals surface area contributed by atoms with Crippen LogP contribution in [0.2, 0.25) is 0 Å². The Morgan fingerprint density at radius 1 is 1.33 bits per heavy atom. The van der Waals surface area contributed by atoms with Crippen LogP contribution >= 0.6 is 0 Å². The Morgan fingerprint density at radius 2 is 2.14 bits per heavy atom. The average Bonchev–Trinajstić information content (AvgIpc) is 2.49. The number of aryl methyl sites for hydroxylation is 1. The number of rotatable bonds is 6. The van der Waals surface area contributed by atoms with E-state index in [0.717, 1.165) is 29.8 Å². The molecule has 4 heteroatoms. The highest BCUT2D eigenvalue weighted by molar-refractivity contribution is 5.37. The number of methoxy groups -OCH3 is 1. The molecular formula is C17H21FN2O. The fourth-order valence-corrected chi connectivity index (χ4v) is 2.36. The van der Waals surface area contributed by atoms with Crippen LogP contribution in [0.5, 0.6) is 5.75 Å². The zero-order valence-electron chi connectivity index (χ0n) is 12.7. The van der Waals surface area contributed by atoms with Gasteiger partial charge in [-0.1, -0.05) is 19.1 Å². The minimum absolute atomic E-state index is 0.0703. The predicted octanol–water partition coefficient (Wildman–Crippen LogP) is 3.63. The highest BCUT2D eigenvalue weighted by Gasteiger charge is 2.17. The van der Waals surface area contributed by atoms with E-state index in [2.05, 4.69) is 17.2 Å². The fraction of sp³-hybridized carbons (Fsp3) is 0.353. The molecule has 0 amide bonds. The maximum absolute atomic E-state index is 14.0. The monoisotopic (exact) mass is 288 g/mol. The van der Waals surface area contributed by atoms with Gasteiger partial charge in [0.1, 0.15) is 0 Å². The van der Waals surface area contributed by atoms with E-state index in [4.69, 9.17) is 4.74 Å². The van der Waals surface area contributed by atoms with E-state index < -0.39 is 0 Å². The first-order valence-electron chi connectivity index (χ1n) is 7.15. The number of hydrogen-bond acceptors (Lipinski definition) is 3. The number of ether oxygens (including phenoxy) is 1. The van der Waals surface area contributed by atoms with Crippen molar-refractivity contribution in [3.8, 4) is 5.75 Å². The van der Waals surface area contributed by atoms with Gasteiger partial charge in [-0.05, 0) is 49.2 Å². The van der Waals surface area contributed by atoms with Crippen LogP contribution in [0.25, 0.3) is 0 Å². The molecule has 1 aromatic carbocycles. The molecule has 1 N–H and O–H groups in total. The molecule has 0 saturated carbocycles. The Bertz CT molecular complexity index is 601. The molecule has 112 valence electrons. The van der Waals surface area contributed by atoms with E-state index in [0.29, 0.717) is 0 Å². The fourth-order valence-electron chi connectivity index (χ4n) is 2.36. The highest BCUT2D eigenvalue weighted by Crippen LogP contribution is 2.27. The quantitative estimate of drug-likeness (QED) is 0.881. The average molecular weight is 288 g/mol. The second-order valence-electron chi connectivity index (χ2n) is 4.96. The zero-order valence-corrected chi connectivity index (χ0v) is 12.7.